The molecule has 1 rings (SSSR count). The van der Waals surface area contributed by atoms with E-state index in [4.69, 9.17) is 5.73 Å². The van der Waals surface area contributed by atoms with Crippen LogP contribution in [0.3, 0.4) is 0 Å². The standard InChI is InChI=1S/C8H16N2S/c1-2-4-8(9)5-3-6-11-7-10-8/h7H,2-6,9H2,1H3. The summed E-state index contributed by atoms with van der Waals surface area (Å²) < 4.78 is 0. The van der Waals surface area contributed by atoms with Gasteiger partial charge in [-0.3, -0.25) is 4.99 Å². The van der Waals surface area contributed by atoms with Gasteiger partial charge in [0.2, 0.25) is 0 Å². The van der Waals surface area contributed by atoms with Crippen LogP contribution < -0.4 is 5.73 Å². The summed E-state index contributed by atoms with van der Waals surface area (Å²) in [5.74, 6) is 1.17. The first kappa shape index (κ1) is 9.07. The fourth-order valence-electron chi connectivity index (χ4n) is 1.34. The van der Waals surface area contributed by atoms with Crippen molar-refractivity contribution >= 4 is 17.3 Å². The number of hydrogen-bond acceptors (Lipinski definition) is 3. The molecule has 3 heteroatoms. The average Bonchev–Trinajstić information content (AvgIpc) is 2.15. The molecule has 0 fully saturated rings. The van der Waals surface area contributed by atoms with Crippen LogP contribution in [0, 0.1) is 0 Å². The molecule has 0 aromatic carbocycles. The van der Waals surface area contributed by atoms with Crippen LogP contribution in [0.5, 0.6) is 0 Å². The van der Waals surface area contributed by atoms with Gasteiger partial charge in [-0.05, 0) is 25.0 Å². The fourth-order valence-corrected chi connectivity index (χ4v) is 2.04. The molecule has 1 atom stereocenters. The molecule has 0 amide bonds. The van der Waals surface area contributed by atoms with Crippen molar-refractivity contribution in [2.45, 2.75) is 38.3 Å². The van der Waals surface area contributed by atoms with Crippen LogP contribution in [0.4, 0.5) is 0 Å². The van der Waals surface area contributed by atoms with Gasteiger partial charge in [-0.1, -0.05) is 13.3 Å². The van der Waals surface area contributed by atoms with E-state index in [1.54, 1.807) is 11.8 Å². The first-order valence-corrected chi connectivity index (χ1v) is 5.26. The van der Waals surface area contributed by atoms with E-state index >= 15 is 0 Å². The minimum atomic E-state index is -0.238. The highest BCUT2D eigenvalue weighted by molar-refractivity contribution is 8.12. The second kappa shape index (κ2) is 4.12. The zero-order chi connectivity index (χ0) is 8.16. The fraction of sp³-hybridized carbons (Fsp3) is 0.875. The van der Waals surface area contributed by atoms with Crippen molar-refractivity contribution in [1.82, 2.24) is 0 Å². The predicted octanol–water partition coefficient (Wildman–Crippen LogP) is 2.00. The molecule has 0 aliphatic carbocycles. The second-order valence-corrected chi connectivity index (χ2v) is 4.01. The van der Waals surface area contributed by atoms with Gasteiger partial charge in [0.1, 0.15) is 5.66 Å². The van der Waals surface area contributed by atoms with Crippen molar-refractivity contribution in [2.75, 3.05) is 5.75 Å². The molecule has 11 heavy (non-hydrogen) atoms. The molecule has 0 bridgehead atoms. The van der Waals surface area contributed by atoms with Gasteiger partial charge in [0, 0.05) is 0 Å². The summed E-state index contributed by atoms with van der Waals surface area (Å²) in [6, 6.07) is 0. The van der Waals surface area contributed by atoms with Gasteiger partial charge in [-0.15, -0.1) is 11.8 Å². The molecule has 1 unspecified atom stereocenters. The van der Waals surface area contributed by atoms with E-state index in [9.17, 15) is 0 Å². The number of rotatable bonds is 2. The van der Waals surface area contributed by atoms with Crippen molar-refractivity contribution in [1.29, 1.82) is 0 Å². The summed E-state index contributed by atoms with van der Waals surface area (Å²) in [5.41, 5.74) is 7.74. The number of hydrogen-bond donors (Lipinski definition) is 1. The molecular weight excluding hydrogens is 156 g/mol. The number of aliphatic imine (C=N–C) groups is 1. The number of thioether (sulfide) groups is 1. The zero-order valence-electron chi connectivity index (χ0n) is 7.05. The van der Waals surface area contributed by atoms with E-state index in [0.29, 0.717) is 0 Å². The van der Waals surface area contributed by atoms with E-state index < -0.39 is 0 Å². The third-order valence-corrected chi connectivity index (χ3v) is 2.72. The van der Waals surface area contributed by atoms with E-state index in [-0.39, 0.29) is 5.66 Å². The summed E-state index contributed by atoms with van der Waals surface area (Å²) >= 11 is 1.77. The minimum absolute atomic E-state index is 0.238. The largest absolute Gasteiger partial charge is 0.307 e. The summed E-state index contributed by atoms with van der Waals surface area (Å²) in [6.07, 6.45) is 4.38. The maximum atomic E-state index is 6.06. The number of nitrogens with zero attached hydrogens (tertiary/aromatic N) is 1. The second-order valence-electron chi connectivity index (χ2n) is 3.06. The summed E-state index contributed by atoms with van der Waals surface area (Å²) in [5, 5.41) is 0. The SMILES string of the molecule is CCCC1(N)CCCSC=N1. The zero-order valence-corrected chi connectivity index (χ0v) is 7.86. The maximum absolute atomic E-state index is 6.06. The normalized spacial score (nSPS) is 31.8. The topological polar surface area (TPSA) is 38.4 Å². The van der Waals surface area contributed by atoms with Crippen molar-refractivity contribution in [3.8, 4) is 0 Å². The van der Waals surface area contributed by atoms with Crippen LogP contribution >= 0.6 is 11.8 Å². The molecule has 0 saturated carbocycles. The Morgan fingerprint density at radius 2 is 2.55 bits per heavy atom. The van der Waals surface area contributed by atoms with Gasteiger partial charge < -0.3 is 5.73 Å². The molecule has 0 radical (unpaired) electrons. The summed E-state index contributed by atoms with van der Waals surface area (Å²) in [6.45, 7) is 2.15. The summed E-state index contributed by atoms with van der Waals surface area (Å²) in [4.78, 5) is 4.36. The Bertz CT molecular complexity index is 147. The summed E-state index contributed by atoms with van der Waals surface area (Å²) in [7, 11) is 0. The first-order valence-electron chi connectivity index (χ1n) is 4.21. The highest BCUT2D eigenvalue weighted by atomic mass is 32.2. The molecule has 0 spiro atoms. The highest BCUT2D eigenvalue weighted by Gasteiger charge is 2.22. The van der Waals surface area contributed by atoms with Crippen LogP contribution in [0.2, 0.25) is 0 Å². The molecule has 2 N–H and O–H groups in total. The van der Waals surface area contributed by atoms with Gasteiger partial charge in [-0.25, -0.2) is 0 Å². The smallest absolute Gasteiger partial charge is 0.108 e. The van der Waals surface area contributed by atoms with Crippen molar-refractivity contribution in [3.05, 3.63) is 0 Å². The average molecular weight is 172 g/mol. The Balaban J connectivity index is 2.50. The third-order valence-electron chi connectivity index (χ3n) is 1.94. The molecule has 1 aliphatic rings. The van der Waals surface area contributed by atoms with Crippen LogP contribution in [0.15, 0.2) is 4.99 Å². The van der Waals surface area contributed by atoms with E-state index in [1.807, 2.05) is 5.55 Å². The first-order chi connectivity index (χ1) is 5.27. The van der Waals surface area contributed by atoms with Crippen molar-refractivity contribution in [2.24, 2.45) is 10.7 Å². The van der Waals surface area contributed by atoms with Crippen LogP contribution in [0.25, 0.3) is 0 Å². The van der Waals surface area contributed by atoms with Crippen LogP contribution in [-0.2, 0) is 0 Å². The van der Waals surface area contributed by atoms with Crippen molar-refractivity contribution in [3.63, 3.8) is 0 Å². The third kappa shape index (κ3) is 2.83. The lowest BCUT2D eigenvalue weighted by atomic mass is 10.0. The van der Waals surface area contributed by atoms with Crippen LogP contribution in [-0.4, -0.2) is 17.0 Å². The van der Waals surface area contributed by atoms with Crippen LogP contribution in [0.1, 0.15) is 32.6 Å². The highest BCUT2D eigenvalue weighted by Crippen LogP contribution is 2.22. The molecular formula is C8H16N2S. The van der Waals surface area contributed by atoms with Gasteiger partial charge in [0.05, 0.1) is 5.55 Å². The van der Waals surface area contributed by atoms with E-state index in [1.165, 1.54) is 12.2 Å². The Hall–Kier alpha value is -0.0200. The maximum Gasteiger partial charge on any atom is 0.108 e. The van der Waals surface area contributed by atoms with E-state index in [0.717, 1.165) is 19.3 Å². The molecule has 0 aromatic heterocycles. The Kier molecular flexibility index (Phi) is 3.40. The predicted molar refractivity (Wildman–Crippen MR) is 52.0 cm³/mol. The van der Waals surface area contributed by atoms with Gasteiger partial charge >= 0.3 is 0 Å². The molecule has 64 valence electrons. The van der Waals surface area contributed by atoms with E-state index in [2.05, 4.69) is 11.9 Å². The van der Waals surface area contributed by atoms with Gasteiger partial charge in [-0.2, -0.15) is 0 Å². The quantitative estimate of drug-likeness (QED) is 0.692. The Morgan fingerprint density at radius 1 is 1.73 bits per heavy atom. The van der Waals surface area contributed by atoms with Crippen molar-refractivity contribution < 1.29 is 0 Å². The molecule has 0 aromatic rings. The van der Waals surface area contributed by atoms with Gasteiger partial charge in [0.25, 0.3) is 0 Å². The lowest BCUT2D eigenvalue weighted by Gasteiger charge is -2.22. The minimum Gasteiger partial charge on any atom is -0.307 e. The molecule has 1 aliphatic heterocycles. The van der Waals surface area contributed by atoms with Gasteiger partial charge in [0.15, 0.2) is 0 Å². The molecule has 1 heterocycles. The Labute approximate surface area is 72.6 Å². The lowest BCUT2D eigenvalue weighted by molar-refractivity contribution is 0.379. The molecule has 0 saturated heterocycles. The monoisotopic (exact) mass is 172 g/mol. The lowest BCUT2D eigenvalue weighted by Crippen LogP contribution is -2.36. The Morgan fingerprint density at radius 3 is 3.27 bits per heavy atom. The number of nitrogens with two attached hydrogens (primary N) is 1. The molecule has 2 nitrogen and oxygen atoms in total.